The Bertz CT molecular complexity index is 2350. The molecule has 0 fully saturated rings. The van der Waals surface area contributed by atoms with Gasteiger partial charge < -0.3 is 4.98 Å². The third-order valence-electron chi connectivity index (χ3n) is 8.86. The molecule has 8 bridgehead atoms. The molecule has 0 N–H and O–H groups in total. The largest absolute Gasteiger partial charge is 2.00 e. The monoisotopic (exact) mass is 807 g/mol. The van der Waals surface area contributed by atoms with Crippen molar-refractivity contribution < 1.29 is 21.1 Å². The summed E-state index contributed by atoms with van der Waals surface area (Å²) in [4.78, 5) is 21.2. The van der Waals surface area contributed by atoms with Gasteiger partial charge in [-0.25, -0.2) is 4.99 Å². The van der Waals surface area contributed by atoms with Gasteiger partial charge in [0.05, 0.1) is 17.1 Å². The third kappa shape index (κ3) is 5.61. The maximum absolute atomic E-state index is 5.31. The maximum atomic E-state index is 5.31. The van der Waals surface area contributed by atoms with Crippen molar-refractivity contribution >= 4 is 33.9 Å². The van der Waals surface area contributed by atoms with Gasteiger partial charge in [0.1, 0.15) is 0 Å². The van der Waals surface area contributed by atoms with Crippen LogP contribution < -0.4 is 0 Å². The van der Waals surface area contributed by atoms with E-state index >= 15 is 0 Å². The molecule has 1 aromatic heterocycles. The number of benzene rings is 4. The fourth-order valence-corrected chi connectivity index (χ4v) is 6.69. The minimum atomic E-state index is 0. The molecule has 0 amide bonds. The summed E-state index contributed by atoms with van der Waals surface area (Å²) in [5.74, 6) is 0.979. The van der Waals surface area contributed by atoms with E-state index in [-0.39, 0.29) is 21.1 Å². The van der Waals surface area contributed by atoms with Crippen molar-refractivity contribution in [2.45, 2.75) is 0 Å². The minimum Gasteiger partial charge on any atom is -0.337 e. The normalized spacial score (nSPS) is 16.2. The molecule has 0 aliphatic carbocycles. The molecule has 4 aliphatic rings. The molecule has 0 saturated heterocycles. The molecule has 9 rings (SSSR count). The van der Waals surface area contributed by atoms with E-state index in [1.54, 1.807) is 0 Å². The van der Waals surface area contributed by atoms with Crippen molar-refractivity contribution in [3.63, 3.8) is 0 Å². The Hall–Kier alpha value is -5.83. The SMILES string of the molecule is C1=CC2=C(c3ccccc3)c3c[cH-]c(n3)C(c3ccccc3)=C3C=CC(=N3)[C-](c3ccccc3)C3=NC(=C(c4ccccc4)C1=N2)C=C3.[Pt+2]. The first-order chi connectivity index (χ1) is 23.8. The van der Waals surface area contributed by atoms with Crippen LogP contribution in [0.2, 0.25) is 0 Å². The van der Waals surface area contributed by atoms with Crippen molar-refractivity contribution in [3.05, 3.63) is 227 Å². The second-order valence-electron chi connectivity index (χ2n) is 11.8. The first-order valence-corrected chi connectivity index (χ1v) is 16.1. The van der Waals surface area contributed by atoms with Gasteiger partial charge in [0, 0.05) is 22.7 Å². The topological polar surface area (TPSA) is 50.0 Å². The molecule has 0 atom stereocenters. The smallest absolute Gasteiger partial charge is 0.337 e. The number of rotatable bonds is 4. The van der Waals surface area contributed by atoms with Crippen LogP contribution in [0.15, 0.2) is 202 Å². The van der Waals surface area contributed by atoms with Crippen molar-refractivity contribution in [1.29, 1.82) is 0 Å². The van der Waals surface area contributed by atoms with E-state index in [9.17, 15) is 0 Å². The summed E-state index contributed by atoms with van der Waals surface area (Å²) in [6.07, 6.45) is 12.6. The zero-order chi connectivity index (χ0) is 31.9. The summed E-state index contributed by atoms with van der Waals surface area (Å²) in [7, 11) is 0. The Morgan fingerprint density at radius 2 is 0.918 bits per heavy atom. The molecule has 0 unspecified atom stereocenters. The first kappa shape index (κ1) is 30.5. The van der Waals surface area contributed by atoms with Gasteiger partial charge in [-0.1, -0.05) is 145 Å². The van der Waals surface area contributed by atoms with Gasteiger partial charge >= 0.3 is 21.1 Å². The Morgan fingerprint density at radius 1 is 0.449 bits per heavy atom. The number of allylic oxidation sites excluding steroid dienone is 7. The van der Waals surface area contributed by atoms with Gasteiger partial charge in [-0.2, -0.15) is 0 Å². The molecule has 4 aromatic carbocycles. The zero-order valence-corrected chi connectivity index (χ0v) is 28.5. The van der Waals surface area contributed by atoms with Crippen molar-refractivity contribution in [1.82, 2.24) is 4.98 Å². The fraction of sp³-hybridized carbons (Fsp3) is 0. The molecule has 5 aromatic rings. The van der Waals surface area contributed by atoms with E-state index in [0.717, 1.165) is 90.5 Å². The molecule has 5 heteroatoms. The average molecular weight is 808 g/mol. The van der Waals surface area contributed by atoms with Crippen LogP contribution in [0.1, 0.15) is 33.6 Å². The van der Waals surface area contributed by atoms with E-state index in [0.29, 0.717) is 0 Å². The molecular weight excluding hydrogens is 780 g/mol. The van der Waals surface area contributed by atoms with Crippen LogP contribution in [0.5, 0.6) is 0 Å². The number of fused-ring (bicyclic) bond motifs is 5. The predicted octanol–water partition coefficient (Wildman–Crippen LogP) is 9.40. The predicted molar refractivity (Wildman–Crippen MR) is 197 cm³/mol. The summed E-state index contributed by atoms with van der Waals surface area (Å²) < 4.78 is 0. The molecule has 0 spiro atoms. The van der Waals surface area contributed by atoms with Crippen LogP contribution in [0.25, 0.3) is 16.7 Å². The van der Waals surface area contributed by atoms with E-state index in [1.807, 2.05) is 24.3 Å². The van der Waals surface area contributed by atoms with Gasteiger partial charge in [0.25, 0.3) is 0 Å². The maximum Gasteiger partial charge on any atom is 2.00 e. The zero-order valence-electron chi connectivity index (χ0n) is 26.3. The molecule has 0 saturated carbocycles. The van der Waals surface area contributed by atoms with E-state index in [2.05, 4.69) is 146 Å². The van der Waals surface area contributed by atoms with Gasteiger partial charge in [-0.3, -0.25) is 9.98 Å². The van der Waals surface area contributed by atoms with Crippen LogP contribution in [-0.2, 0) is 21.1 Å². The summed E-state index contributed by atoms with van der Waals surface area (Å²) >= 11 is 0. The number of aliphatic imine (C=N–C) groups is 3. The molecule has 5 heterocycles. The Balaban J connectivity index is 0.00000348. The van der Waals surface area contributed by atoms with Gasteiger partial charge in [0.15, 0.2) is 0 Å². The number of nitrogens with zero attached hydrogens (tertiary/aromatic N) is 4. The molecule has 0 radical (unpaired) electrons. The quantitative estimate of drug-likeness (QED) is 0.167. The molecule has 234 valence electrons. The van der Waals surface area contributed by atoms with Crippen molar-refractivity contribution in [2.75, 3.05) is 0 Å². The summed E-state index contributed by atoms with van der Waals surface area (Å²) in [6, 6.07) is 45.8. The standard InChI is InChI=1S/C44H28N4.Pt/c1-5-13-29(14-6-1)41-33-21-23-35(45-33)42(30-15-7-2-8-16-30)37-25-27-39(47-37)44(32-19-11-4-12-20-32)40-28-26-38(48-40)43(31-17-9-3-10-18-31)36-24-22-34(41)46-36;/h1-28H;/q-2;+2. The van der Waals surface area contributed by atoms with Crippen LogP contribution >= 0.6 is 0 Å². The van der Waals surface area contributed by atoms with Gasteiger partial charge in [0.2, 0.25) is 0 Å². The molecule has 4 nitrogen and oxygen atoms in total. The summed E-state index contributed by atoms with van der Waals surface area (Å²) in [5.41, 5.74) is 14.0. The van der Waals surface area contributed by atoms with Crippen LogP contribution in [0.4, 0.5) is 0 Å². The van der Waals surface area contributed by atoms with E-state index < -0.39 is 0 Å². The molecule has 4 aliphatic heterocycles. The second kappa shape index (κ2) is 13.0. The van der Waals surface area contributed by atoms with Crippen molar-refractivity contribution in [3.8, 4) is 0 Å². The second-order valence-corrected chi connectivity index (χ2v) is 11.8. The van der Waals surface area contributed by atoms with Gasteiger partial charge in [-0.05, 0) is 46.2 Å². The Morgan fingerprint density at radius 3 is 1.51 bits per heavy atom. The Labute approximate surface area is 300 Å². The van der Waals surface area contributed by atoms with Crippen LogP contribution in [-0.4, -0.2) is 22.1 Å². The van der Waals surface area contributed by atoms with E-state index in [1.165, 1.54) is 0 Å². The summed E-state index contributed by atoms with van der Waals surface area (Å²) in [6.45, 7) is 0. The minimum absolute atomic E-state index is 0. The van der Waals surface area contributed by atoms with Crippen molar-refractivity contribution in [2.24, 2.45) is 15.0 Å². The molecular formula is C44H28N4Pt. The molecule has 49 heavy (non-hydrogen) atoms. The summed E-state index contributed by atoms with van der Waals surface area (Å²) in [5, 5.41) is 0. The Kier molecular flexibility index (Phi) is 8.09. The fourth-order valence-electron chi connectivity index (χ4n) is 6.69. The third-order valence-corrected chi connectivity index (χ3v) is 8.86. The van der Waals surface area contributed by atoms with Gasteiger partial charge in [-0.15, -0.1) is 29.8 Å². The van der Waals surface area contributed by atoms with Crippen LogP contribution in [0.3, 0.4) is 0 Å². The first-order valence-electron chi connectivity index (χ1n) is 16.1. The number of hydrogen-bond acceptors (Lipinski definition) is 4. The van der Waals surface area contributed by atoms with E-state index in [4.69, 9.17) is 20.0 Å². The average Bonchev–Trinajstić information content (AvgIpc) is 3.98. The number of hydrogen-bond donors (Lipinski definition) is 0. The van der Waals surface area contributed by atoms with Crippen LogP contribution in [0, 0.1) is 5.92 Å². The number of aromatic nitrogens is 1.